The van der Waals surface area contributed by atoms with Gasteiger partial charge in [-0.2, -0.15) is 0 Å². The highest BCUT2D eigenvalue weighted by molar-refractivity contribution is 8.00. The standard InChI is InChI=1S/C30H27ClN4O4S2/c1-2-3-6-17-39-22-11-9-19(10-12-22)25-24(26(36)20-13-15-32-16-14-20)27(37)28(38)35(25)29-33-34-30(41-29)40-18-21-7-4-5-8-23(21)31/h4-5,7-16,25,36H,2-3,6,17-18H2,1H3. The highest BCUT2D eigenvalue weighted by Gasteiger charge is 2.48. The summed E-state index contributed by atoms with van der Waals surface area (Å²) in [5.74, 6) is -0.617. The largest absolute Gasteiger partial charge is 0.507 e. The van der Waals surface area contributed by atoms with E-state index in [2.05, 4.69) is 22.1 Å². The maximum Gasteiger partial charge on any atom is 0.301 e. The molecule has 210 valence electrons. The van der Waals surface area contributed by atoms with Crippen molar-refractivity contribution in [2.75, 3.05) is 11.5 Å². The zero-order valence-electron chi connectivity index (χ0n) is 22.2. The Hall–Kier alpha value is -3.73. The average molecular weight is 607 g/mol. The lowest BCUT2D eigenvalue weighted by atomic mass is 9.95. The molecular weight excluding hydrogens is 580 g/mol. The van der Waals surface area contributed by atoms with E-state index >= 15 is 0 Å². The number of unbranched alkanes of at least 4 members (excludes halogenated alkanes) is 2. The number of benzene rings is 2. The molecule has 0 aliphatic carbocycles. The van der Waals surface area contributed by atoms with Gasteiger partial charge in [0.2, 0.25) is 5.13 Å². The number of thioether (sulfide) groups is 1. The molecule has 0 radical (unpaired) electrons. The Morgan fingerprint density at radius 3 is 2.54 bits per heavy atom. The van der Waals surface area contributed by atoms with Crippen molar-refractivity contribution in [3.05, 3.63) is 100 Å². The molecule has 2 aromatic heterocycles. The van der Waals surface area contributed by atoms with Gasteiger partial charge in [0.1, 0.15) is 11.5 Å². The molecule has 2 aromatic carbocycles. The molecule has 1 unspecified atom stereocenters. The van der Waals surface area contributed by atoms with E-state index in [1.807, 2.05) is 24.3 Å². The van der Waals surface area contributed by atoms with Gasteiger partial charge in [-0.25, -0.2) is 0 Å². The fraction of sp³-hybridized carbons (Fsp3) is 0.233. The number of aliphatic hydroxyl groups is 1. The number of anilines is 1. The second-order valence-corrected chi connectivity index (χ2v) is 11.8. The fourth-order valence-electron chi connectivity index (χ4n) is 4.41. The van der Waals surface area contributed by atoms with E-state index in [9.17, 15) is 14.7 Å². The third kappa shape index (κ3) is 6.45. The predicted octanol–water partition coefficient (Wildman–Crippen LogP) is 7.07. The van der Waals surface area contributed by atoms with Crippen LogP contribution in [0.15, 0.2) is 83.0 Å². The minimum absolute atomic E-state index is 0.0294. The van der Waals surface area contributed by atoms with Gasteiger partial charge in [0, 0.05) is 28.7 Å². The van der Waals surface area contributed by atoms with Crippen LogP contribution in [-0.2, 0) is 15.3 Å². The Morgan fingerprint density at radius 1 is 1.05 bits per heavy atom. The van der Waals surface area contributed by atoms with Crippen molar-refractivity contribution in [1.82, 2.24) is 15.2 Å². The van der Waals surface area contributed by atoms with Crippen molar-refractivity contribution in [1.29, 1.82) is 0 Å². The summed E-state index contributed by atoms with van der Waals surface area (Å²) < 4.78 is 6.47. The summed E-state index contributed by atoms with van der Waals surface area (Å²) in [6.45, 7) is 2.74. The molecule has 1 amide bonds. The van der Waals surface area contributed by atoms with Crippen molar-refractivity contribution in [2.24, 2.45) is 0 Å². The van der Waals surface area contributed by atoms with Crippen LogP contribution in [0.4, 0.5) is 5.13 Å². The van der Waals surface area contributed by atoms with Gasteiger partial charge < -0.3 is 9.84 Å². The molecule has 1 saturated heterocycles. The number of aromatic nitrogens is 3. The van der Waals surface area contributed by atoms with E-state index in [0.717, 1.165) is 24.8 Å². The second-order valence-electron chi connectivity index (χ2n) is 9.26. The summed E-state index contributed by atoms with van der Waals surface area (Å²) >= 11 is 8.93. The number of aliphatic hydroxyl groups excluding tert-OH is 1. The zero-order valence-corrected chi connectivity index (χ0v) is 24.6. The predicted molar refractivity (Wildman–Crippen MR) is 161 cm³/mol. The van der Waals surface area contributed by atoms with Gasteiger partial charge in [-0.05, 0) is 47.9 Å². The molecule has 1 fully saturated rings. The lowest BCUT2D eigenvalue weighted by Gasteiger charge is -2.22. The first-order valence-corrected chi connectivity index (χ1v) is 15.3. The molecule has 11 heteroatoms. The Labute approximate surface area is 251 Å². The van der Waals surface area contributed by atoms with E-state index in [1.54, 1.807) is 36.4 Å². The van der Waals surface area contributed by atoms with Gasteiger partial charge >= 0.3 is 5.91 Å². The molecule has 1 aliphatic rings. The van der Waals surface area contributed by atoms with Crippen LogP contribution in [0, 0.1) is 0 Å². The summed E-state index contributed by atoms with van der Waals surface area (Å²) in [5.41, 5.74) is 1.93. The number of hydrogen-bond acceptors (Lipinski definition) is 9. The van der Waals surface area contributed by atoms with Crippen LogP contribution < -0.4 is 9.64 Å². The van der Waals surface area contributed by atoms with Crippen molar-refractivity contribution in [3.63, 3.8) is 0 Å². The second kappa shape index (κ2) is 13.3. The number of hydrogen-bond donors (Lipinski definition) is 1. The number of carbonyl (C=O) groups is 2. The number of nitrogens with zero attached hydrogens (tertiary/aromatic N) is 4. The van der Waals surface area contributed by atoms with Crippen LogP contribution in [0.1, 0.15) is 48.9 Å². The van der Waals surface area contributed by atoms with Gasteiger partial charge in [-0.3, -0.25) is 19.5 Å². The van der Waals surface area contributed by atoms with Crippen molar-refractivity contribution in [2.45, 2.75) is 42.3 Å². The molecule has 1 atom stereocenters. The minimum atomic E-state index is -0.910. The molecule has 1 N–H and O–H groups in total. The Kier molecular flexibility index (Phi) is 9.33. The summed E-state index contributed by atoms with van der Waals surface area (Å²) in [6.07, 6.45) is 6.17. The van der Waals surface area contributed by atoms with E-state index in [0.29, 0.717) is 38.6 Å². The van der Waals surface area contributed by atoms with Gasteiger partial charge in [-0.1, -0.05) is 84.8 Å². The van der Waals surface area contributed by atoms with E-state index in [-0.39, 0.29) is 16.5 Å². The summed E-state index contributed by atoms with van der Waals surface area (Å²) in [6, 6.07) is 17.0. The first-order valence-electron chi connectivity index (χ1n) is 13.1. The minimum Gasteiger partial charge on any atom is -0.507 e. The van der Waals surface area contributed by atoms with E-state index in [1.165, 1.54) is 40.4 Å². The van der Waals surface area contributed by atoms with Crippen LogP contribution >= 0.6 is 34.7 Å². The highest BCUT2D eigenvalue weighted by atomic mass is 35.5. The van der Waals surface area contributed by atoms with Crippen molar-refractivity contribution in [3.8, 4) is 5.75 Å². The van der Waals surface area contributed by atoms with Gasteiger partial charge in [0.25, 0.3) is 5.78 Å². The maximum atomic E-state index is 13.4. The van der Waals surface area contributed by atoms with E-state index in [4.69, 9.17) is 16.3 Å². The van der Waals surface area contributed by atoms with Crippen LogP contribution in [0.5, 0.6) is 5.75 Å². The number of rotatable bonds is 11. The van der Waals surface area contributed by atoms with Gasteiger partial charge in [0.15, 0.2) is 4.34 Å². The number of ketones is 1. The van der Waals surface area contributed by atoms with Gasteiger partial charge in [0.05, 0.1) is 18.2 Å². The van der Waals surface area contributed by atoms with Crippen LogP contribution in [0.2, 0.25) is 5.02 Å². The quantitative estimate of drug-likeness (QED) is 0.0482. The molecule has 5 rings (SSSR count). The number of halogens is 1. The third-order valence-corrected chi connectivity index (χ3v) is 8.99. The summed E-state index contributed by atoms with van der Waals surface area (Å²) in [4.78, 5) is 32.1. The molecule has 8 nitrogen and oxygen atoms in total. The monoisotopic (exact) mass is 606 g/mol. The number of ether oxygens (including phenoxy) is 1. The highest BCUT2D eigenvalue weighted by Crippen LogP contribution is 2.44. The number of Topliss-reactive ketones (excluding diaryl/α,β-unsaturated/α-hetero) is 1. The normalized spacial score (nSPS) is 16.3. The Balaban J connectivity index is 1.48. The lowest BCUT2D eigenvalue weighted by molar-refractivity contribution is -0.132. The zero-order chi connectivity index (χ0) is 28.8. The Morgan fingerprint density at radius 2 is 1.80 bits per heavy atom. The topological polar surface area (TPSA) is 106 Å². The number of pyridine rings is 1. The van der Waals surface area contributed by atoms with E-state index < -0.39 is 17.7 Å². The summed E-state index contributed by atoms with van der Waals surface area (Å²) in [7, 11) is 0. The third-order valence-electron chi connectivity index (χ3n) is 6.52. The average Bonchev–Trinajstić information content (AvgIpc) is 3.57. The molecule has 0 bridgehead atoms. The maximum absolute atomic E-state index is 13.4. The fourth-order valence-corrected chi connectivity index (χ4v) is 6.57. The SMILES string of the molecule is CCCCCOc1ccc(C2C(=C(O)c3ccncc3)C(=O)C(=O)N2c2nnc(SCc3ccccc3Cl)s2)cc1. The van der Waals surface area contributed by atoms with Crippen molar-refractivity contribution >= 4 is 57.3 Å². The van der Waals surface area contributed by atoms with Gasteiger partial charge in [-0.15, -0.1) is 10.2 Å². The number of amides is 1. The molecule has 0 saturated carbocycles. The first kappa shape index (κ1) is 28.8. The van der Waals surface area contributed by atoms with Crippen LogP contribution in [0.25, 0.3) is 5.76 Å². The smallest absolute Gasteiger partial charge is 0.301 e. The lowest BCUT2D eigenvalue weighted by Crippen LogP contribution is -2.29. The molecule has 0 spiro atoms. The van der Waals surface area contributed by atoms with Crippen molar-refractivity contribution < 1.29 is 19.4 Å². The molecule has 4 aromatic rings. The molecule has 1 aliphatic heterocycles. The molecular formula is C30H27ClN4O4S2. The summed E-state index contributed by atoms with van der Waals surface area (Å²) in [5, 5.41) is 20.7. The number of carbonyl (C=O) groups excluding carboxylic acids is 2. The first-order chi connectivity index (χ1) is 20.0. The Bertz CT molecular complexity index is 1560. The van der Waals surface area contributed by atoms with Crippen LogP contribution in [0.3, 0.4) is 0 Å². The molecule has 41 heavy (non-hydrogen) atoms. The van der Waals surface area contributed by atoms with Crippen LogP contribution in [-0.4, -0.2) is 38.6 Å². The molecule has 3 heterocycles.